The van der Waals surface area contributed by atoms with Crippen molar-refractivity contribution in [1.82, 2.24) is 10.3 Å². The Bertz CT molecular complexity index is 954. The molecular formula is C22H23N3O2. The van der Waals surface area contributed by atoms with Crippen LogP contribution in [0, 0.1) is 13.8 Å². The summed E-state index contributed by atoms with van der Waals surface area (Å²) in [5, 5.41) is 6.25. The molecule has 2 aromatic carbocycles. The van der Waals surface area contributed by atoms with Crippen LogP contribution in [0.5, 0.6) is 5.75 Å². The van der Waals surface area contributed by atoms with Crippen molar-refractivity contribution in [2.75, 3.05) is 12.4 Å². The Labute approximate surface area is 159 Å². The number of pyridine rings is 1. The molecule has 3 aromatic rings. The summed E-state index contributed by atoms with van der Waals surface area (Å²) in [4.78, 5) is 16.7. The van der Waals surface area contributed by atoms with Crippen molar-refractivity contribution in [3.63, 3.8) is 0 Å². The number of rotatable bonds is 6. The lowest BCUT2D eigenvalue weighted by atomic mass is 10.1. The zero-order chi connectivity index (χ0) is 19.2. The molecule has 5 heteroatoms. The zero-order valence-corrected chi connectivity index (χ0v) is 15.7. The number of carbonyl (C=O) groups excluding carboxylic acids is 1. The second-order valence-corrected chi connectivity index (χ2v) is 6.33. The minimum Gasteiger partial charge on any atom is -0.496 e. The molecular weight excluding hydrogens is 338 g/mol. The molecule has 3 rings (SSSR count). The van der Waals surface area contributed by atoms with Gasteiger partial charge in [-0.15, -0.1) is 0 Å². The maximum atomic E-state index is 12.5. The molecule has 0 unspecified atom stereocenters. The molecule has 1 amide bonds. The Hall–Kier alpha value is -3.34. The van der Waals surface area contributed by atoms with Crippen molar-refractivity contribution in [3.05, 3.63) is 83.2 Å². The molecule has 138 valence electrons. The maximum Gasteiger partial charge on any atom is 0.253 e. The average Bonchev–Trinajstić information content (AvgIpc) is 2.70. The number of carbonyl (C=O) groups is 1. The number of anilines is 2. The first kappa shape index (κ1) is 18.5. The standard InChI is InChI=1S/C22H23N3O2/c1-15-7-6-9-20(16(15)2)25-19-11-18(12-23-14-19)22(26)24-13-17-8-4-5-10-21(17)27-3/h4-12,14,25H,13H2,1-3H3,(H,24,26). The van der Waals surface area contributed by atoms with Gasteiger partial charge in [0.05, 0.1) is 24.6 Å². The van der Waals surface area contributed by atoms with Gasteiger partial charge in [-0.25, -0.2) is 0 Å². The van der Waals surface area contributed by atoms with E-state index in [0.29, 0.717) is 12.1 Å². The fourth-order valence-electron chi connectivity index (χ4n) is 2.80. The molecule has 27 heavy (non-hydrogen) atoms. The molecule has 0 aliphatic rings. The van der Waals surface area contributed by atoms with E-state index in [0.717, 1.165) is 22.7 Å². The maximum absolute atomic E-state index is 12.5. The Morgan fingerprint density at radius 3 is 2.70 bits per heavy atom. The summed E-state index contributed by atoms with van der Waals surface area (Å²) < 4.78 is 5.32. The van der Waals surface area contributed by atoms with Crippen molar-refractivity contribution in [3.8, 4) is 5.75 Å². The molecule has 1 aromatic heterocycles. The number of hydrogen-bond donors (Lipinski definition) is 2. The van der Waals surface area contributed by atoms with Crippen LogP contribution in [0.15, 0.2) is 60.9 Å². The largest absolute Gasteiger partial charge is 0.496 e. The second-order valence-electron chi connectivity index (χ2n) is 6.33. The van der Waals surface area contributed by atoms with Gasteiger partial charge in [-0.05, 0) is 43.2 Å². The van der Waals surface area contributed by atoms with E-state index in [1.807, 2.05) is 36.4 Å². The lowest BCUT2D eigenvalue weighted by Gasteiger charge is -2.12. The van der Waals surface area contributed by atoms with E-state index in [2.05, 4.69) is 35.5 Å². The lowest BCUT2D eigenvalue weighted by Crippen LogP contribution is -2.23. The van der Waals surface area contributed by atoms with Crippen molar-refractivity contribution >= 4 is 17.3 Å². The molecule has 0 spiro atoms. The summed E-state index contributed by atoms with van der Waals surface area (Å²) in [6.45, 7) is 4.52. The molecule has 0 saturated carbocycles. The molecule has 0 atom stereocenters. The summed E-state index contributed by atoms with van der Waals surface area (Å²) >= 11 is 0. The first-order chi connectivity index (χ1) is 13.1. The van der Waals surface area contributed by atoms with Crippen LogP contribution in [0.3, 0.4) is 0 Å². The van der Waals surface area contributed by atoms with E-state index in [4.69, 9.17) is 4.74 Å². The normalized spacial score (nSPS) is 10.3. The van der Waals surface area contributed by atoms with E-state index >= 15 is 0 Å². The highest BCUT2D eigenvalue weighted by molar-refractivity contribution is 5.94. The van der Waals surface area contributed by atoms with Crippen LogP contribution in [-0.4, -0.2) is 18.0 Å². The van der Waals surface area contributed by atoms with Crippen LogP contribution in [0.2, 0.25) is 0 Å². The van der Waals surface area contributed by atoms with Crippen LogP contribution < -0.4 is 15.4 Å². The zero-order valence-electron chi connectivity index (χ0n) is 15.7. The van der Waals surface area contributed by atoms with Gasteiger partial charge in [0.25, 0.3) is 5.91 Å². The Kier molecular flexibility index (Phi) is 5.71. The molecule has 0 saturated heterocycles. The van der Waals surface area contributed by atoms with E-state index in [1.54, 1.807) is 25.6 Å². The third-order valence-corrected chi connectivity index (χ3v) is 4.52. The molecule has 0 aliphatic carbocycles. The van der Waals surface area contributed by atoms with Gasteiger partial charge in [-0.1, -0.05) is 30.3 Å². The molecule has 5 nitrogen and oxygen atoms in total. The third-order valence-electron chi connectivity index (χ3n) is 4.52. The number of nitrogens with zero attached hydrogens (tertiary/aromatic N) is 1. The molecule has 1 heterocycles. The molecule has 0 fully saturated rings. The summed E-state index contributed by atoms with van der Waals surface area (Å²) in [6, 6.07) is 15.5. The summed E-state index contributed by atoms with van der Waals surface area (Å²) in [5.41, 5.74) is 5.57. The lowest BCUT2D eigenvalue weighted by molar-refractivity contribution is 0.0950. The number of benzene rings is 2. The number of hydrogen-bond acceptors (Lipinski definition) is 4. The fraction of sp³-hybridized carbons (Fsp3) is 0.182. The van der Waals surface area contributed by atoms with Crippen LogP contribution >= 0.6 is 0 Å². The third kappa shape index (κ3) is 4.44. The summed E-state index contributed by atoms with van der Waals surface area (Å²) in [7, 11) is 1.62. The number of methoxy groups -OCH3 is 1. The van der Waals surface area contributed by atoms with Crippen LogP contribution in [0.4, 0.5) is 11.4 Å². The number of aromatic nitrogens is 1. The summed E-state index contributed by atoms with van der Waals surface area (Å²) in [5.74, 6) is 0.569. The van der Waals surface area contributed by atoms with Gasteiger partial charge in [0, 0.05) is 24.0 Å². The van der Waals surface area contributed by atoms with Crippen molar-refractivity contribution < 1.29 is 9.53 Å². The number of para-hydroxylation sites is 1. The smallest absolute Gasteiger partial charge is 0.253 e. The minimum absolute atomic E-state index is 0.182. The van der Waals surface area contributed by atoms with Crippen LogP contribution in [-0.2, 0) is 6.54 Å². The van der Waals surface area contributed by atoms with Crippen LogP contribution in [0.25, 0.3) is 0 Å². The number of ether oxygens (including phenoxy) is 1. The highest BCUT2D eigenvalue weighted by Gasteiger charge is 2.09. The predicted octanol–water partition coefficient (Wildman–Crippen LogP) is 4.38. The van der Waals surface area contributed by atoms with Crippen molar-refractivity contribution in [1.29, 1.82) is 0 Å². The van der Waals surface area contributed by atoms with Gasteiger partial charge >= 0.3 is 0 Å². The Morgan fingerprint density at radius 1 is 1.07 bits per heavy atom. The molecule has 0 bridgehead atoms. The first-order valence-electron chi connectivity index (χ1n) is 8.77. The Balaban J connectivity index is 1.71. The van der Waals surface area contributed by atoms with Crippen molar-refractivity contribution in [2.24, 2.45) is 0 Å². The van der Waals surface area contributed by atoms with E-state index in [9.17, 15) is 4.79 Å². The summed E-state index contributed by atoms with van der Waals surface area (Å²) in [6.07, 6.45) is 3.27. The predicted molar refractivity (Wildman–Crippen MR) is 108 cm³/mol. The highest BCUT2D eigenvalue weighted by atomic mass is 16.5. The molecule has 0 radical (unpaired) electrons. The number of amides is 1. The first-order valence-corrected chi connectivity index (χ1v) is 8.77. The number of aryl methyl sites for hydroxylation is 1. The van der Waals surface area contributed by atoms with Gasteiger partial charge in [0.2, 0.25) is 0 Å². The van der Waals surface area contributed by atoms with Crippen molar-refractivity contribution in [2.45, 2.75) is 20.4 Å². The molecule has 2 N–H and O–H groups in total. The van der Waals surface area contributed by atoms with E-state index < -0.39 is 0 Å². The van der Waals surface area contributed by atoms with E-state index in [-0.39, 0.29) is 5.91 Å². The van der Waals surface area contributed by atoms with Gasteiger partial charge in [0.15, 0.2) is 0 Å². The SMILES string of the molecule is COc1ccccc1CNC(=O)c1cncc(Nc2cccc(C)c2C)c1. The van der Waals surface area contributed by atoms with Gasteiger partial charge < -0.3 is 15.4 Å². The van der Waals surface area contributed by atoms with Gasteiger partial charge in [-0.3, -0.25) is 9.78 Å². The second kappa shape index (κ2) is 8.36. The monoisotopic (exact) mass is 361 g/mol. The average molecular weight is 361 g/mol. The number of nitrogens with one attached hydrogen (secondary N) is 2. The Morgan fingerprint density at radius 2 is 1.89 bits per heavy atom. The minimum atomic E-state index is -0.182. The quantitative estimate of drug-likeness (QED) is 0.684. The van der Waals surface area contributed by atoms with E-state index in [1.165, 1.54) is 11.1 Å². The topological polar surface area (TPSA) is 63.2 Å². The van der Waals surface area contributed by atoms with Crippen LogP contribution in [0.1, 0.15) is 27.0 Å². The molecule has 0 aliphatic heterocycles. The fourth-order valence-corrected chi connectivity index (χ4v) is 2.80. The van der Waals surface area contributed by atoms with Gasteiger partial charge in [-0.2, -0.15) is 0 Å². The van der Waals surface area contributed by atoms with Gasteiger partial charge in [0.1, 0.15) is 5.75 Å². The highest BCUT2D eigenvalue weighted by Crippen LogP contribution is 2.23.